The predicted octanol–water partition coefficient (Wildman–Crippen LogP) is 4.03. The fraction of sp³-hybridized carbons (Fsp3) is 0.273. The summed E-state index contributed by atoms with van der Waals surface area (Å²) >= 11 is 12.3. The quantitative estimate of drug-likeness (QED) is 0.329. The van der Waals surface area contributed by atoms with Crippen LogP contribution in [-0.2, 0) is 0 Å². The molecule has 1 amide bonds. The Morgan fingerprint density at radius 2 is 2.00 bits per heavy atom. The summed E-state index contributed by atoms with van der Waals surface area (Å²) < 4.78 is 0. The summed E-state index contributed by atoms with van der Waals surface area (Å²) in [6.07, 6.45) is 3.94. The van der Waals surface area contributed by atoms with Gasteiger partial charge >= 0.3 is 0 Å². The fourth-order valence-electron chi connectivity index (χ4n) is 3.10. The van der Waals surface area contributed by atoms with Crippen LogP contribution in [0.25, 0.3) is 11.1 Å². The first-order valence-corrected chi connectivity index (χ1v) is 10.6. The summed E-state index contributed by atoms with van der Waals surface area (Å²) in [7, 11) is 0. The van der Waals surface area contributed by atoms with Gasteiger partial charge in [0.1, 0.15) is 11.5 Å². The second kappa shape index (κ2) is 10.6. The van der Waals surface area contributed by atoms with Crippen LogP contribution in [-0.4, -0.2) is 45.3 Å². The third kappa shape index (κ3) is 5.77. The average Bonchev–Trinajstić information content (AvgIpc) is 3.27. The van der Waals surface area contributed by atoms with Crippen molar-refractivity contribution < 1.29 is 15.0 Å². The Hall–Kier alpha value is -2.58. The smallest absolute Gasteiger partial charge is 0.268 e. The fourth-order valence-corrected chi connectivity index (χ4v) is 3.51. The molecule has 3 aromatic rings. The maximum atomic E-state index is 12.7. The number of aromatic nitrogens is 2. The molecule has 0 spiro atoms. The first kappa shape index (κ1) is 23.1. The van der Waals surface area contributed by atoms with Gasteiger partial charge in [0.15, 0.2) is 0 Å². The van der Waals surface area contributed by atoms with Crippen molar-refractivity contribution in [3.8, 4) is 11.1 Å². The SMILES string of the molecule is CC[C@@H](CO)Nc1cc(-c2c[nH]c(C(=O)NC(CO)c3cccc(Cl)c3)c2)c(Cl)cn1. The van der Waals surface area contributed by atoms with Crippen LogP contribution in [0.5, 0.6) is 0 Å². The molecule has 0 radical (unpaired) electrons. The van der Waals surface area contributed by atoms with E-state index in [1.807, 2.05) is 6.92 Å². The molecule has 2 aromatic heterocycles. The predicted molar refractivity (Wildman–Crippen MR) is 123 cm³/mol. The molecule has 2 heterocycles. The van der Waals surface area contributed by atoms with Gasteiger partial charge in [-0.1, -0.05) is 42.3 Å². The van der Waals surface area contributed by atoms with Gasteiger partial charge in [-0.25, -0.2) is 4.98 Å². The number of aromatic amines is 1. The van der Waals surface area contributed by atoms with E-state index in [9.17, 15) is 15.0 Å². The lowest BCUT2D eigenvalue weighted by Gasteiger charge is -2.16. The number of nitrogens with one attached hydrogen (secondary N) is 3. The number of pyridine rings is 1. The van der Waals surface area contributed by atoms with E-state index in [0.29, 0.717) is 38.2 Å². The van der Waals surface area contributed by atoms with Crippen molar-refractivity contribution in [2.75, 3.05) is 18.5 Å². The lowest BCUT2D eigenvalue weighted by molar-refractivity contribution is 0.0911. The number of H-pyrrole nitrogens is 1. The Morgan fingerprint density at radius 1 is 1.19 bits per heavy atom. The molecule has 9 heteroatoms. The highest BCUT2D eigenvalue weighted by atomic mass is 35.5. The van der Waals surface area contributed by atoms with Crippen molar-refractivity contribution in [2.45, 2.75) is 25.4 Å². The first-order chi connectivity index (χ1) is 14.9. The van der Waals surface area contributed by atoms with Crippen LogP contribution in [0.15, 0.2) is 48.8 Å². The normalized spacial score (nSPS) is 12.9. The van der Waals surface area contributed by atoms with Gasteiger partial charge in [0.05, 0.1) is 30.3 Å². The molecule has 1 aromatic carbocycles. The Bertz CT molecular complexity index is 1040. The largest absolute Gasteiger partial charge is 0.394 e. The van der Waals surface area contributed by atoms with Crippen LogP contribution >= 0.6 is 23.2 Å². The third-order valence-corrected chi connectivity index (χ3v) is 5.43. The molecule has 0 fully saturated rings. The van der Waals surface area contributed by atoms with E-state index in [0.717, 1.165) is 6.42 Å². The molecule has 31 heavy (non-hydrogen) atoms. The van der Waals surface area contributed by atoms with Crippen molar-refractivity contribution in [1.29, 1.82) is 0 Å². The van der Waals surface area contributed by atoms with E-state index in [1.165, 1.54) is 6.20 Å². The molecule has 2 atom stereocenters. The topological polar surface area (TPSA) is 110 Å². The summed E-state index contributed by atoms with van der Waals surface area (Å²) in [4.78, 5) is 19.9. The van der Waals surface area contributed by atoms with Crippen LogP contribution in [0.4, 0.5) is 5.82 Å². The highest BCUT2D eigenvalue weighted by Crippen LogP contribution is 2.30. The molecule has 0 aliphatic heterocycles. The van der Waals surface area contributed by atoms with Crippen LogP contribution < -0.4 is 10.6 Å². The maximum absolute atomic E-state index is 12.7. The van der Waals surface area contributed by atoms with Crippen LogP contribution in [0, 0.1) is 0 Å². The Labute approximate surface area is 190 Å². The summed E-state index contributed by atoms with van der Waals surface area (Å²) in [5, 5.41) is 26.0. The molecule has 0 aliphatic carbocycles. The minimum atomic E-state index is -0.595. The summed E-state index contributed by atoms with van der Waals surface area (Å²) in [5.41, 5.74) is 2.42. The third-order valence-electron chi connectivity index (χ3n) is 4.90. The number of benzene rings is 1. The number of anilines is 1. The lowest BCUT2D eigenvalue weighted by Crippen LogP contribution is -2.31. The number of aliphatic hydroxyl groups excluding tert-OH is 2. The van der Waals surface area contributed by atoms with E-state index in [1.54, 1.807) is 42.6 Å². The van der Waals surface area contributed by atoms with Gasteiger partial charge in [-0.3, -0.25) is 4.79 Å². The Balaban J connectivity index is 1.78. The average molecular weight is 463 g/mol. The molecule has 164 valence electrons. The van der Waals surface area contributed by atoms with Crippen molar-refractivity contribution in [2.24, 2.45) is 0 Å². The molecule has 3 rings (SSSR count). The molecule has 0 aliphatic rings. The van der Waals surface area contributed by atoms with E-state index < -0.39 is 6.04 Å². The van der Waals surface area contributed by atoms with Crippen molar-refractivity contribution in [3.63, 3.8) is 0 Å². The van der Waals surface area contributed by atoms with E-state index >= 15 is 0 Å². The first-order valence-electron chi connectivity index (χ1n) is 9.84. The van der Waals surface area contributed by atoms with Gasteiger partial charge in [0.25, 0.3) is 5.91 Å². The number of amides is 1. The minimum absolute atomic E-state index is 0.0107. The monoisotopic (exact) mass is 462 g/mol. The number of hydrogen-bond acceptors (Lipinski definition) is 5. The molecule has 5 N–H and O–H groups in total. The van der Waals surface area contributed by atoms with Gasteiger partial charge in [-0.05, 0) is 36.2 Å². The van der Waals surface area contributed by atoms with Crippen LogP contribution in [0.3, 0.4) is 0 Å². The Morgan fingerprint density at radius 3 is 2.68 bits per heavy atom. The van der Waals surface area contributed by atoms with E-state index in [2.05, 4.69) is 20.6 Å². The van der Waals surface area contributed by atoms with Crippen LogP contribution in [0.1, 0.15) is 35.4 Å². The number of aliphatic hydroxyl groups is 2. The zero-order valence-corrected chi connectivity index (χ0v) is 18.4. The van der Waals surface area contributed by atoms with Crippen molar-refractivity contribution in [3.05, 3.63) is 70.1 Å². The van der Waals surface area contributed by atoms with Gasteiger partial charge < -0.3 is 25.8 Å². The standard InChI is InChI=1S/C22H24Cl2N4O3/c1-2-16(11-29)27-21-8-17(18(24)10-26-21)14-7-19(25-9-14)22(31)28-20(12-30)13-4-3-5-15(23)6-13/h3-10,16,20,25,29-30H,2,11-12H2,1H3,(H,26,27)(H,28,31)/t16-,20?/m0/s1. The zero-order valence-electron chi connectivity index (χ0n) is 16.9. The molecule has 0 bridgehead atoms. The molecule has 7 nitrogen and oxygen atoms in total. The van der Waals surface area contributed by atoms with Crippen LogP contribution in [0.2, 0.25) is 10.0 Å². The number of nitrogens with zero attached hydrogens (tertiary/aromatic N) is 1. The number of carbonyl (C=O) groups excluding carboxylic acids is 1. The molecule has 0 saturated heterocycles. The van der Waals surface area contributed by atoms with Crippen molar-refractivity contribution >= 4 is 34.9 Å². The lowest BCUT2D eigenvalue weighted by atomic mass is 10.1. The number of carbonyl (C=O) groups is 1. The Kier molecular flexibility index (Phi) is 7.92. The maximum Gasteiger partial charge on any atom is 0.268 e. The number of halogens is 2. The zero-order chi connectivity index (χ0) is 22.4. The van der Waals surface area contributed by atoms with E-state index in [4.69, 9.17) is 23.2 Å². The molecule has 0 saturated carbocycles. The highest BCUT2D eigenvalue weighted by Gasteiger charge is 2.18. The molecular formula is C22H24Cl2N4O3. The van der Waals surface area contributed by atoms with E-state index in [-0.39, 0.29) is 25.2 Å². The van der Waals surface area contributed by atoms with Gasteiger partial charge in [0.2, 0.25) is 0 Å². The molecule has 1 unspecified atom stereocenters. The second-order valence-electron chi connectivity index (χ2n) is 7.05. The summed E-state index contributed by atoms with van der Waals surface area (Å²) in [6.45, 7) is 1.68. The van der Waals surface area contributed by atoms with Gasteiger partial charge in [-0.15, -0.1) is 0 Å². The second-order valence-corrected chi connectivity index (χ2v) is 7.89. The minimum Gasteiger partial charge on any atom is -0.394 e. The number of rotatable bonds is 9. The van der Waals surface area contributed by atoms with Gasteiger partial charge in [0, 0.05) is 28.5 Å². The molecular weight excluding hydrogens is 439 g/mol. The number of hydrogen-bond donors (Lipinski definition) is 5. The van der Waals surface area contributed by atoms with Gasteiger partial charge in [-0.2, -0.15) is 0 Å². The summed E-state index contributed by atoms with van der Waals surface area (Å²) in [5.74, 6) is 0.203. The summed E-state index contributed by atoms with van der Waals surface area (Å²) in [6, 6.07) is 9.71. The highest BCUT2D eigenvalue weighted by molar-refractivity contribution is 6.33. The van der Waals surface area contributed by atoms with Crippen molar-refractivity contribution in [1.82, 2.24) is 15.3 Å².